The first-order chi connectivity index (χ1) is 10.5. The summed E-state index contributed by atoms with van der Waals surface area (Å²) in [5.41, 5.74) is 0.836. The van der Waals surface area contributed by atoms with Gasteiger partial charge in [-0.2, -0.15) is 0 Å². The summed E-state index contributed by atoms with van der Waals surface area (Å²) in [5, 5.41) is 39.4. The molecule has 1 aromatic heterocycles. The first-order valence-electron chi connectivity index (χ1n) is 6.75. The molecule has 0 radical (unpaired) electrons. The summed E-state index contributed by atoms with van der Waals surface area (Å²) in [5.74, 6) is 0.431. The van der Waals surface area contributed by atoms with Gasteiger partial charge in [0, 0.05) is 21.6 Å². The number of aliphatic hydroxyl groups is 4. The van der Waals surface area contributed by atoms with Crippen LogP contribution in [-0.2, 0) is 4.74 Å². The van der Waals surface area contributed by atoms with Gasteiger partial charge < -0.3 is 34.9 Å². The van der Waals surface area contributed by atoms with E-state index in [1.54, 1.807) is 6.20 Å². The second kappa shape index (κ2) is 6.15. The highest BCUT2D eigenvalue weighted by molar-refractivity contribution is 9.10. The summed E-state index contributed by atoms with van der Waals surface area (Å²) in [4.78, 5) is 3.02. The van der Waals surface area contributed by atoms with Gasteiger partial charge in [0.25, 0.3) is 0 Å². The first kappa shape index (κ1) is 15.7. The van der Waals surface area contributed by atoms with Gasteiger partial charge in [0.1, 0.15) is 30.2 Å². The van der Waals surface area contributed by atoms with Crippen molar-refractivity contribution in [3.05, 3.63) is 28.9 Å². The summed E-state index contributed by atoms with van der Waals surface area (Å²) < 4.78 is 11.8. The molecule has 7 nitrogen and oxygen atoms in total. The minimum Gasteiger partial charge on any atom is -0.460 e. The summed E-state index contributed by atoms with van der Waals surface area (Å²) >= 11 is 3.37. The van der Waals surface area contributed by atoms with E-state index >= 15 is 0 Å². The number of rotatable bonds is 3. The van der Waals surface area contributed by atoms with Crippen molar-refractivity contribution in [1.82, 2.24) is 4.98 Å². The molecule has 0 aliphatic carbocycles. The number of fused-ring (bicyclic) bond motifs is 1. The molecule has 1 aliphatic heterocycles. The number of H-pyrrole nitrogens is 1. The van der Waals surface area contributed by atoms with Crippen molar-refractivity contribution in [2.75, 3.05) is 6.61 Å². The minimum absolute atomic E-state index is 0.431. The maximum absolute atomic E-state index is 9.99. The van der Waals surface area contributed by atoms with Gasteiger partial charge in [-0.3, -0.25) is 0 Å². The van der Waals surface area contributed by atoms with Crippen molar-refractivity contribution in [3.63, 3.8) is 0 Å². The molecule has 0 spiro atoms. The average Bonchev–Trinajstić information content (AvgIpc) is 2.90. The molecule has 1 aromatic carbocycles. The molecule has 0 saturated carbocycles. The van der Waals surface area contributed by atoms with Crippen LogP contribution in [-0.4, -0.2) is 62.7 Å². The standard InChI is InChI=1S/C14H16BrNO6/c15-6-1-2-8-7(3-6)9(4-16-8)21-14-13(20)12(19)11(18)10(5-17)22-14/h1-4,10-14,16-20H,5H2/t10-,11+,12+,13-,14-/m0/s1. The molecule has 120 valence electrons. The van der Waals surface area contributed by atoms with Crippen LogP contribution in [0.25, 0.3) is 10.9 Å². The fourth-order valence-electron chi connectivity index (χ4n) is 2.45. The van der Waals surface area contributed by atoms with Gasteiger partial charge in [-0.25, -0.2) is 0 Å². The quantitative estimate of drug-likeness (QED) is 0.521. The maximum atomic E-state index is 9.99. The molecule has 2 heterocycles. The van der Waals surface area contributed by atoms with Crippen LogP contribution < -0.4 is 4.74 Å². The molecular weight excluding hydrogens is 358 g/mol. The number of benzene rings is 1. The molecule has 2 aromatic rings. The number of aromatic nitrogens is 1. The highest BCUT2D eigenvalue weighted by atomic mass is 79.9. The maximum Gasteiger partial charge on any atom is 0.229 e. The number of halogens is 1. The van der Waals surface area contributed by atoms with Crippen LogP contribution in [0.1, 0.15) is 0 Å². The fraction of sp³-hybridized carbons (Fsp3) is 0.429. The van der Waals surface area contributed by atoms with E-state index < -0.39 is 37.3 Å². The van der Waals surface area contributed by atoms with Crippen molar-refractivity contribution in [1.29, 1.82) is 0 Å². The third-order valence-electron chi connectivity index (χ3n) is 3.70. The average molecular weight is 374 g/mol. The van der Waals surface area contributed by atoms with Gasteiger partial charge in [-0.1, -0.05) is 15.9 Å². The van der Waals surface area contributed by atoms with Crippen LogP contribution in [0.3, 0.4) is 0 Å². The molecule has 0 bridgehead atoms. The van der Waals surface area contributed by atoms with Gasteiger partial charge in [0.2, 0.25) is 6.29 Å². The Morgan fingerprint density at radius 3 is 2.68 bits per heavy atom. The zero-order chi connectivity index (χ0) is 15.9. The lowest BCUT2D eigenvalue weighted by Crippen LogP contribution is -2.60. The molecule has 5 N–H and O–H groups in total. The van der Waals surface area contributed by atoms with Crippen molar-refractivity contribution in [2.24, 2.45) is 0 Å². The highest BCUT2D eigenvalue weighted by Crippen LogP contribution is 2.31. The Balaban J connectivity index is 1.85. The number of nitrogens with one attached hydrogen (secondary N) is 1. The molecule has 1 aliphatic rings. The zero-order valence-electron chi connectivity index (χ0n) is 11.4. The molecule has 1 fully saturated rings. The van der Waals surface area contributed by atoms with Gasteiger partial charge in [-0.15, -0.1) is 0 Å². The van der Waals surface area contributed by atoms with Crippen molar-refractivity contribution in [3.8, 4) is 5.75 Å². The van der Waals surface area contributed by atoms with E-state index in [0.29, 0.717) is 5.75 Å². The van der Waals surface area contributed by atoms with Crippen molar-refractivity contribution < 1.29 is 29.9 Å². The third-order valence-corrected chi connectivity index (χ3v) is 4.19. The Labute approximate surface area is 134 Å². The predicted octanol–water partition coefficient (Wildman–Crippen LogP) is 0.109. The Morgan fingerprint density at radius 1 is 1.18 bits per heavy atom. The van der Waals surface area contributed by atoms with Gasteiger partial charge in [0.05, 0.1) is 6.61 Å². The Bertz CT molecular complexity index is 660. The van der Waals surface area contributed by atoms with Crippen LogP contribution in [0.4, 0.5) is 0 Å². The van der Waals surface area contributed by atoms with Gasteiger partial charge >= 0.3 is 0 Å². The van der Waals surface area contributed by atoms with E-state index in [4.69, 9.17) is 9.47 Å². The fourth-order valence-corrected chi connectivity index (χ4v) is 2.82. The molecule has 1 saturated heterocycles. The second-order valence-corrected chi connectivity index (χ2v) is 6.07. The molecular formula is C14H16BrNO6. The van der Waals surface area contributed by atoms with Crippen molar-refractivity contribution in [2.45, 2.75) is 30.7 Å². The van der Waals surface area contributed by atoms with Crippen LogP contribution in [0.2, 0.25) is 0 Å². The van der Waals surface area contributed by atoms with E-state index in [-0.39, 0.29) is 0 Å². The van der Waals surface area contributed by atoms with Crippen LogP contribution in [0.15, 0.2) is 28.9 Å². The lowest BCUT2D eigenvalue weighted by molar-refractivity contribution is -0.277. The SMILES string of the molecule is OC[C@@H]1O[C@H](Oc2c[nH]c3ccc(Br)cc23)[C@@H](O)[C@H](O)[C@@H]1O. The molecule has 0 unspecified atom stereocenters. The normalized spacial score (nSPS) is 32.3. The second-order valence-electron chi connectivity index (χ2n) is 5.16. The topological polar surface area (TPSA) is 115 Å². The smallest absolute Gasteiger partial charge is 0.229 e. The molecule has 22 heavy (non-hydrogen) atoms. The lowest BCUT2D eigenvalue weighted by Gasteiger charge is -2.39. The largest absolute Gasteiger partial charge is 0.460 e. The number of aromatic amines is 1. The van der Waals surface area contributed by atoms with E-state index in [1.165, 1.54) is 0 Å². The van der Waals surface area contributed by atoms with Crippen molar-refractivity contribution >= 4 is 26.8 Å². The van der Waals surface area contributed by atoms with Gasteiger partial charge in [-0.05, 0) is 18.2 Å². The first-order valence-corrected chi connectivity index (χ1v) is 7.54. The lowest BCUT2D eigenvalue weighted by atomic mass is 9.99. The van der Waals surface area contributed by atoms with E-state index in [9.17, 15) is 20.4 Å². The number of hydrogen-bond donors (Lipinski definition) is 5. The minimum atomic E-state index is -1.46. The van der Waals surface area contributed by atoms with Crippen LogP contribution in [0, 0.1) is 0 Å². The third kappa shape index (κ3) is 2.73. The molecule has 5 atom stereocenters. The van der Waals surface area contributed by atoms with Gasteiger partial charge in [0.15, 0.2) is 0 Å². The highest BCUT2D eigenvalue weighted by Gasteiger charge is 2.44. The summed E-state index contributed by atoms with van der Waals surface area (Å²) in [6.07, 6.45) is -4.90. The van der Waals surface area contributed by atoms with E-state index in [2.05, 4.69) is 20.9 Å². The number of aliphatic hydroxyl groups excluding tert-OH is 4. The van der Waals surface area contributed by atoms with E-state index in [1.807, 2.05) is 18.2 Å². The number of hydrogen-bond acceptors (Lipinski definition) is 6. The summed E-state index contributed by atoms with van der Waals surface area (Å²) in [6.45, 7) is -0.496. The molecule has 0 amide bonds. The number of ether oxygens (including phenoxy) is 2. The van der Waals surface area contributed by atoms with Crippen LogP contribution >= 0.6 is 15.9 Å². The predicted molar refractivity (Wildman–Crippen MR) is 80.4 cm³/mol. The van der Waals surface area contributed by atoms with E-state index in [0.717, 1.165) is 15.4 Å². The Morgan fingerprint density at radius 2 is 1.95 bits per heavy atom. The summed E-state index contributed by atoms with van der Waals surface area (Å²) in [6, 6.07) is 5.57. The molecule has 3 rings (SSSR count). The monoisotopic (exact) mass is 373 g/mol. The Kier molecular flexibility index (Phi) is 4.40. The Hall–Kier alpha value is -1.16. The van der Waals surface area contributed by atoms with Crippen LogP contribution in [0.5, 0.6) is 5.75 Å². The summed E-state index contributed by atoms with van der Waals surface area (Å²) in [7, 11) is 0. The zero-order valence-corrected chi connectivity index (χ0v) is 13.0. The molecule has 8 heteroatoms.